The zero-order valence-electron chi connectivity index (χ0n) is 15.6. The smallest absolute Gasteiger partial charge is 0.257 e. The molecule has 3 rings (SSSR count). The Bertz CT molecular complexity index is 737. The first-order valence-corrected chi connectivity index (χ1v) is 9.48. The van der Waals surface area contributed by atoms with Crippen molar-refractivity contribution in [2.24, 2.45) is 11.7 Å². The zero-order chi connectivity index (χ0) is 18.6. The summed E-state index contributed by atoms with van der Waals surface area (Å²) < 4.78 is 5.25. The Hall–Kier alpha value is -2.21. The first kappa shape index (κ1) is 18.6. The summed E-state index contributed by atoms with van der Waals surface area (Å²) in [5.74, 6) is 1.26. The van der Waals surface area contributed by atoms with Gasteiger partial charge < -0.3 is 15.6 Å². The largest absolute Gasteiger partial charge is 0.355 e. The lowest BCUT2D eigenvalue weighted by atomic mass is 9.74. The third-order valence-electron chi connectivity index (χ3n) is 5.27. The van der Waals surface area contributed by atoms with Crippen LogP contribution >= 0.6 is 0 Å². The van der Waals surface area contributed by atoms with Gasteiger partial charge in [0.25, 0.3) is 5.89 Å². The van der Waals surface area contributed by atoms with E-state index in [4.69, 9.17) is 10.3 Å². The Morgan fingerprint density at radius 1 is 1.35 bits per heavy atom. The predicted octanol–water partition coefficient (Wildman–Crippen LogP) is 2.87. The van der Waals surface area contributed by atoms with E-state index in [-0.39, 0.29) is 17.4 Å². The molecule has 6 heteroatoms. The molecule has 0 saturated heterocycles. The number of nitrogens with one attached hydrogen (secondary N) is 1. The Labute approximate surface area is 154 Å². The molecule has 0 radical (unpaired) electrons. The molecule has 1 heterocycles. The van der Waals surface area contributed by atoms with E-state index in [1.807, 2.05) is 38.1 Å². The normalized spacial score (nSPS) is 23.0. The minimum atomic E-state index is -0.384. The number of carbonyl (C=O) groups excluding carboxylic acids is 1. The molecule has 6 nitrogen and oxygen atoms in total. The molecule has 0 bridgehead atoms. The molecular formula is C20H28N4O2. The van der Waals surface area contributed by atoms with Crippen molar-refractivity contribution in [3.8, 4) is 11.5 Å². The summed E-state index contributed by atoms with van der Waals surface area (Å²) in [4.78, 5) is 16.8. The van der Waals surface area contributed by atoms with E-state index >= 15 is 0 Å². The molecule has 1 amide bonds. The van der Waals surface area contributed by atoms with E-state index in [1.165, 1.54) is 0 Å². The topological polar surface area (TPSA) is 94.0 Å². The van der Waals surface area contributed by atoms with Crippen LogP contribution in [0.3, 0.4) is 0 Å². The number of hydrogen-bond acceptors (Lipinski definition) is 5. The Kier molecular flexibility index (Phi) is 5.71. The van der Waals surface area contributed by atoms with Gasteiger partial charge in [-0.25, -0.2) is 0 Å². The van der Waals surface area contributed by atoms with E-state index in [9.17, 15) is 4.79 Å². The lowest BCUT2D eigenvalue weighted by Gasteiger charge is -2.37. The number of aromatic nitrogens is 2. The molecular weight excluding hydrogens is 328 g/mol. The van der Waals surface area contributed by atoms with Crippen LogP contribution in [0.1, 0.15) is 50.9 Å². The molecule has 1 fully saturated rings. The highest BCUT2D eigenvalue weighted by molar-refractivity contribution is 5.80. The summed E-state index contributed by atoms with van der Waals surface area (Å²) in [7, 11) is 0. The highest BCUT2D eigenvalue weighted by Crippen LogP contribution is 2.31. The molecule has 140 valence electrons. The summed E-state index contributed by atoms with van der Waals surface area (Å²) in [5, 5.41) is 6.97. The molecule has 2 aromatic rings. The zero-order valence-corrected chi connectivity index (χ0v) is 15.6. The molecule has 1 aromatic heterocycles. The Morgan fingerprint density at radius 3 is 2.77 bits per heavy atom. The first-order chi connectivity index (χ1) is 12.5. The fourth-order valence-electron chi connectivity index (χ4n) is 3.57. The number of hydrogen-bond donors (Lipinski definition) is 2. The van der Waals surface area contributed by atoms with Gasteiger partial charge in [-0.1, -0.05) is 37.1 Å². The van der Waals surface area contributed by atoms with Crippen LogP contribution in [-0.4, -0.2) is 28.1 Å². The van der Waals surface area contributed by atoms with E-state index in [0.29, 0.717) is 18.3 Å². The van der Waals surface area contributed by atoms with Gasteiger partial charge in [0.15, 0.2) is 5.82 Å². The average molecular weight is 356 g/mol. The third-order valence-corrected chi connectivity index (χ3v) is 5.27. The van der Waals surface area contributed by atoms with Gasteiger partial charge in [0.2, 0.25) is 5.91 Å². The summed E-state index contributed by atoms with van der Waals surface area (Å²) in [6, 6.07) is 8.01. The molecule has 1 aliphatic rings. The molecule has 26 heavy (non-hydrogen) atoms. The molecule has 1 aromatic carbocycles. The van der Waals surface area contributed by atoms with Crippen LogP contribution in [0.4, 0.5) is 0 Å². The van der Waals surface area contributed by atoms with E-state index in [1.54, 1.807) is 0 Å². The fourth-order valence-corrected chi connectivity index (χ4v) is 3.57. The standard InChI is InChI=1S/C20H28N4O2/c1-3-17-23-19(26-24-17)15-9-7-14(8-10-15)11-13-22-18(25)16-6-4-5-12-20(16,2)21/h7-10,16H,3-6,11-13,21H2,1-2H3,(H,22,25). The van der Waals surface area contributed by atoms with E-state index in [0.717, 1.165) is 49.7 Å². The summed E-state index contributed by atoms with van der Waals surface area (Å²) >= 11 is 0. The molecule has 2 atom stereocenters. The second-order valence-corrected chi connectivity index (χ2v) is 7.41. The summed E-state index contributed by atoms with van der Waals surface area (Å²) in [6.45, 7) is 4.61. The van der Waals surface area contributed by atoms with Crippen molar-refractivity contribution >= 4 is 5.91 Å². The Morgan fingerprint density at radius 2 is 2.12 bits per heavy atom. The van der Waals surface area contributed by atoms with E-state index < -0.39 is 0 Å². The van der Waals surface area contributed by atoms with Gasteiger partial charge in [-0.15, -0.1) is 0 Å². The highest BCUT2D eigenvalue weighted by atomic mass is 16.5. The van der Waals surface area contributed by atoms with Crippen molar-refractivity contribution in [3.05, 3.63) is 35.7 Å². The number of benzene rings is 1. The lowest BCUT2D eigenvalue weighted by molar-refractivity contribution is -0.128. The van der Waals surface area contributed by atoms with Crippen molar-refractivity contribution < 1.29 is 9.32 Å². The number of nitrogens with zero attached hydrogens (tertiary/aromatic N) is 2. The van der Waals surface area contributed by atoms with Crippen LogP contribution in [0.15, 0.2) is 28.8 Å². The van der Waals surface area contributed by atoms with Crippen molar-refractivity contribution in [1.29, 1.82) is 0 Å². The maximum atomic E-state index is 12.5. The van der Waals surface area contributed by atoms with Crippen molar-refractivity contribution in [1.82, 2.24) is 15.5 Å². The van der Waals surface area contributed by atoms with Gasteiger partial charge in [-0.2, -0.15) is 4.98 Å². The quantitative estimate of drug-likeness (QED) is 0.830. The van der Waals surface area contributed by atoms with Gasteiger partial charge in [0.1, 0.15) is 0 Å². The predicted molar refractivity (Wildman–Crippen MR) is 100 cm³/mol. The molecule has 1 aliphatic carbocycles. The minimum absolute atomic E-state index is 0.0797. The number of carbonyl (C=O) groups is 1. The second kappa shape index (κ2) is 7.99. The van der Waals surface area contributed by atoms with Crippen LogP contribution in [0.5, 0.6) is 0 Å². The maximum Gasteiger partial charge on any atom is 0.257 e. The number of rotatable bonds is 6. The molecule has 1 saturated carbocycles. The second-order valence-electron chi connectivity index (χ2n) is 7.41. The maximum absolute atomic E-state index is 12.5. The first-order valence-electron chi connectivity index (χ1n) is 9.48. The Balaban J connectivity index is 1.51. The number of amides is 1. The molecule has 3 N–H and O–H groups in total. The fraction of sp³-hybridized carbons (Fsp3) is 0.550. The monoisotopic (exact) mass is 356 g/mol. The lowest BCUT2D eigenvalue weighted by Crippen LogP contribution is -2.53. The van der Waals surface area contributed by atoms with Gasteiger partial charge in [-0.3, -0.25) is 4.79 Å². The van der Waals surface area contributed by atoms with Gasteiger partial charge >= 0.3 is 0 Å². The van der Waals surface area contributed by atoms with Crippen LogP contribution in [-0.2, 0) is 17.6 Å². The van der Waals surface area contributed by atoms with Crippen molar-refractivity contribution in [2.45, 2.75) is 57.9 Å². The highest BCUT2D eigenvalue weighted by Gasteiger charge is 2.37. The SMILES string of the molecule is CCc1noc(-c2ccc(CCNC(=O)C3CCCCC3(C)N)cc2)n1. The van der Waals surface area contributed by atoms with Crippen molar-refractivity contribution in [3.63, 3.8) is 0 Å². The third kappa shape index (κ3) is 4.30. The van der Waals surface area contributed by atoms with Crippen LogP contribution in [0.2, 0.25) is 0 Å². The van der Waals surface area contributed by atoms with Gasteiger partial charge in [0, 0.05) is 24.1 Å². The molecule has 0 spiro atoms. The number of aryl methyl sites for hydroxylation is 1. The average Bonchev–Trinajstić information content (AvgIpc) is 3.11. The minimum Gasteiger partial charge on any atom is -0.355 e. The molecule has 0 aliphatic heterocycles. The van der Waals surface area contributed by atoms with Crippen molar-refractivity contribution in [2.75, 3.05) is 6.54 Å². The molecule has 2 unspecified atom stereocenters. The van der Waals surface area contributed by atoms with Crippen LogP contribution < -0.4 is 11.1 Å². The van der Waals surface area contributed by atoms with Gasteiger partial charge in [0.05, 0.1) is 5.92 Å². The van der Waals surface area contributed by atoms with E-state index in [2.05, 4.69) is 15.5 Å². The van der Waals surface area contributed by atoms with Crippen LogP contribution in [0, 0.1) is 5.92 Å². The summed E-state index contributed by atoms with van der Waals surface area (Å²) in [6.07, 6.45) is 5.54. The summed E-state index contributed by atoms with van der Waals surface area (Å²) in [5.41, 5.74) is 7.99. The number of nitrogens with two attached hydrogens (primary N) is 1. The van der Waals surface area contributed by atoms with Gasteiger partial charge in [-0.05, 0) is 43.9 Å². The van der Waals surface area contributed by atoms with Crippen LogP contribution in [0.25, 0.3) is 11.5 Å².